The van der Waals surface area contributed by atoms with E-state index in [0.717, 1.165) is 13.0 Å². The predicted octanol–water partition coefficient (Wildman–Crippen LogP) is 4.41. The van der Waals surface area contributed by atoms with E-state index < -0.39 is 5.82 Å². The summed E-state index contributed by atoms with van der Waals surface area (Å²) in [5, 5.41) is 6.65. The number of anilines is 3. The number of carbonyl (C=O) groups excluding carboxylic acids is 1. The summed E-state index contributed by atoms with van der Waals surface area (Å²) >= 11 is 5.92. The van der Waals surface area contributed by atoms with Gasteiger partial charge >= 0.3 is 0 Å². The number of likely N-dealkylation sites (tertiary alicyclic amines) is 1. The maximum absolute atomic E-state index is 13.6. The Morgan fingerprint density at radius 1 is 1.22 bits per heavy atom. The van der Waals surface area contributed by atoms with Gasteiger partial charge in [-0.1, -0.05) is 17.7 Å². The lowest BCUT2D eigenvalue weighted by Crippen LogP contribution is -2.50. The Morgan fingerprint density at radius 2 is 2.08 bits per heavy atom. The van der Waals surface area contributed by atoms with Crippen LogP contribution >= 0.6 is 11.6 Å². The van der Waals surface area contributed by atoms with Gasteiger partial charge in [-0.2, -0.15) is 0 Å². The van der Waals surface area contributed by atoms with Crippen molar-refractivity contribution in [3.63, 3.8) is 0 Å². The van der Waals surface area contributed by atoms with E-state index in [0.29, 0.717) is 66.3 Å². The van der Waals surface area contributed by atoms with Crippen LogP contribution in [-0.2, 0) is 14.3 Å². The van der Waals surface area contributed by atoms with E-state index in [9.17, 15) is 9.18 Å². The lowest BCUT2D eigenvalue weighted by Gasteiger charge is -2.39. The molecule has 2 N–H and O–H groups in total. The summed E-state index contributed by atoms with van der Waals surface area (Å²) in [6.45, 7) is 3.00. The average molecular weight is 530 g/mol. The molecule has 0 aliphatic carbocycles. The van der Waals surface area contributed by atoms with Crippen LogP contribution in [0.3, 0.4) is 0 Å². The number of halogens is 2. The molecule has 1 aliphatic rings. The summed E-state index contributed by atoms with van der Waals surface area (Å²) in [5.41, 5.74) is 1.60. The third-order valence-electron chi connectivity index (χ3n) is 5.96. The van der Waals surface area contributed by atoms with E-state index in [-0.39, 0.29) is 10.9 Å². The molecule has 1 amide bonds. The first kappa shape index (κ1) is 26.7. The Kier molecular flexibility index (Phi) is 9.24. The van der Waals surface area contributed by atoms with E-state index >= 15 is 0 Å². The van der Waals surface area contributed by atoms with E-state index in [1.54, 1.807) is 32.4 Å². The zero-order chi connectivity index (χ0) is 26.2. The lowest BCUT2D eigenvalue weighted by atomic mass is 10.0. The predicted molar refractivity (Wildman–Crippen MR) is 141 cm³/mol. The molecule has 1 aliphatic heterocycles. The van der Waals surface area contributed by atoms with E-state index in [1.807, 2.05) is 6.08 Å². The van der Waals surface area contributed by atoms with Gasteiger partial charge in [-0.05, 0) is 30.7 Å². The highest BCUT2D eigenvalue weighted by Crippen LogP contribution is 2.34. The third kappa shape index (κ3) is 6.92. The first-order valence-corrected chi connectivity index (χ1v) is 12.2. The van der Waals surface area contributed by atoms with Gasteiger partial charge in [0, 0.05) is 56.6 Å². The van der Waals surface area contributed by atoms with E-state index in [2.05, 4.69) is 25.5 Å². The summed E-state index contributed by atoms with van der Waals surface area (Å²) < 4.78 is 29.7. The van der Waals surface area contributed by atoms with E-state index in [4.69, 9.17) is 25.8 Å². The molecule has 1 aromatic heterocycles. The maximum Gasteiger partial charge on any atom is 0.248 e. The molecule has 9 nitrogen and oxygen atoms in total. The van der Waals surface area contributed by atoms with Crippen LogP contribution in [0.1, 0.15) is 6.42 Å². The van der Waals surface area contributed by atoms with Crippen molar-refractivity contribution in [2.45, 2.75) is 12.5 Å². The van der Waals surface area contributed by atoms with Crippen molar-refractivity contribution in [2.24, 2.45) is 0 Å². The minimum Gasteiger partial charge on any atom is -0.489 e. The van der Waals surface area contributed by atoms with Crippen LogP contribution < -0.4 is 15.4 Å². The second-order valence-corrected chi connectivity index (χ2v) is 8.87. The molecule has 1 atom stereocenters. The number of carbonyl (C=O) groups is 1. The first-order valence-electron chi connectivity index (χ1n) is 11.8. The highest BCUT2D eigenvalue weighted by molar-refractivity contribution is 6.31. The maximum atomic E-state index is 13.6. The van der Waals surface area contributed by atoms with Gasteiger partial charge in [-0.25, -0.2) is 14.4 Å². The summed E-state index contributed by atoms with van der Waals surface area (Å²) in [6.07, 6.45) is 5.84. The number of hydrogen-bond acceptors (Lipinski definition) is 8. The number of methoxy groups -OCH3 is 2. The Balaban J connectivity index is 1.55. The summed E-state index contributed by atoms with van der Waals surface area (Å²) in [4.78, 5) is 23.7. The van der Waals surface area contributed by atoms with Crippen LogP contribution in [0.2, 0.25) is 5.02 Å². The molecule has 1 fully saturated rings. The molecule has 37 heavy (non-hydrogen) atoms. The highest BCUT2D eigenvalue weighted by Gasteiger charge is 2.26. The number of benzene rings is 2. The van der Waals surface area contributed by atoms with Crippen molar-refractivity contribution >= 4 is 45.6 Å². The normalized spacial score (nSPS) is 15.6. The molecule has 0 saturated carbocycles. The fraction of sp³-hybridized carbons (Fsp3) is 0.346. The van der Waals surface area contributed by atoms with Crippen molar-refractivity contribution in [3.8, 4) is 5.75 Å². The molecule has 4 rings (SSSR count). The fourth-order valence-electron chi connectivity index (χ4n) is 3.93. The average Bonchev–Trinajstić information content (AvgIpc) is 2.87. The van der Waals surface area contributed by atoms with Crippen molar-refractivity contribution < 1.29 is 23.4 Å². The molecule has 1 saturated heterocycles. The molecule has 0 spiro atoms. The molecule has 2 heterocycles. The summed E-state index contributed by atoms with van der Waals surface area (Å²) in [7, 11) is 3.27. The Labute approximate surface area is 219 Å². The van der Waals surface area contributed by atoms with Gasteiger partial charge in [0.15, 0.2) is 0 Å². The van der Waals surface area contributed by atoms with Crippen molar-refractivity contribution in [2.75, 3.05) is 57.8 Å². The smallest absolute Gasteiger partial charge is 0.248 e. The van der Waals surface area contributed by atoms with Gasteiger partial charge in [0.1, 0.15) is 30.3 Å². The number of hydrogen-bond donors (Lipinski definition) is 2. The van der Waals surface area contributed by atoms with Crippen LogP contribution in [0.5, 0.6) is 5.75 Å². The first-order chi connectivity index (χ1) is 18.0. The monoisotopic (exact) mass is 529 g/mol. The summed E-state index contributed by atoms with van der Waals surface area (Å²) in [6, 6.07) is 8.15. The number of rotatable bonds is 12. The third-order valence-corrected chi connectivity index (χ3v) is 6.25. The topological polar surface area (TPSA) is 97.8 Å². The summed E-state index contributed by atoms with van der Waals surface area (Å²) in [5.74, 6) is 0.100. The van der Waals surface area contributed by atoms with Crippen LogP contribution in [0, 0.1) is 5.82 Å². The second kappa shape index (κ2) is 12.8. The Morgan fingerprint density at radius 3 is 2.81 bits per heavy atom. The highest BCUT2D eigenvalue weighted by atomic mass is 35.5. The molecule has 0 unspecified atom stereocenters. The lowest BCUT2D eigenvalue weighted by molar-refractivity contribution is -0.112. The zero-order valence-corrected chi connectivity index (χ0v) is 21.4. The minimum absolute atomic E-state index is 0.0105. The number of aromatic nitrogens is 2. The fourth-order valence-corrected chi connectivity index (χ4v) is 4.11. The van der Waals surface area contributed by atoms with Crippen LogP contribution in [-0.4, -0.2) is 73.9 Å². The Hall–Kier alpha value is -3.31. The minimum atomic E-state index is -0.515. The standard InChI is InChI=1S/C26H29ClFN5O4/c1-35-10-11-37-24-14-22-19(26(30-16-29-22)31-17-5-6-21(28)20(27)12-17)13-23(24)32-25(34)4-3-8-33-9-7-18(33)15-36-2/h3-6,12-14,16,18H,7-11,15H2,1-2H3,(H,32,34)(H,29,30,31)/b4-3+/t18-/m0/s1. The molecule has 3 aromatic rings. The van der Waals surface area contributed by atoms with Gasteiger partial charge in [-0.3, -0.25) is 9.69 Å². The number of ether oxygens (including phenoxy) is 3. The van der Waals surface area contributed by atoms with Gasteiger partial charge in [0.05, 0.1) is 29.4 Å². The van der Waals surface area contributed by atoms with Crippen LogP contribution in [0.4, 0.5) is 21.6 Å². The van der Waals surface area contributed by atoms with Gasteiger partial charge in [0.25, 0.3) is 0 Å². The van der Waals surface area contributed by atoms with E-state index in [1.165, 1.54) is 24.5 Å². The molecular formula is C26H29ClFN5O4. The zero-order valence-electron chi connectivity index (χ0n) is 20.7. The molecule has 2 aromatic carbocycles. The van der Waals surface area contributed by atoms with Crippen molar-refractivity contribution in [1.82, 2.24) is 14.9 Å². The van der Waals surface area contributed by atoms with Crippen LogP contribution in [0.25, 0.3) is 10.9 Å². The number of amides is 1. The van der Waals surface area contributed by atoms with Crippen molar-refractivity contribution in [1.29, 1.82) is 0 Å². The number of fused-ring (bicyclic) bond motifs is 1. The molecule has 11 heteroatoms. The largest absolute Gasteiger partial charge is 0.489 e. The van der Waals surface area contributed by atoms with Gasteiger partial charge < -0.3 is 24.8 Å². The number of nitrogens with one attached hydrogen (secondary N) is 2. The quantitative estimate of drug-likeness (QED) is 0.263. The van der Waals surface area contributed by atoms with Crippen molar-refractivity contribution in [3.05, 3.63) is 59.7 Å². The SMILES string of the molecule is COCCOc1cc2ncnc(Nc3ccc(F)c(Cl)c3)c2cc1NC(=O)/C=C/CN1CC[C@H]1COC. The second-order valence-electron chi connectivity index (χ2n) is 8.47. The van der Waals surface area contributed by atoms with Crippen LogP contribution in [0.15, 0.2) is 48.8 Å². The Bertz CT molecular complexity index is 1280. The molecular weight excluding hydrogens is 501 g/mol. The number of nitrogens with zero attached hydrogens (tertiary/aromatic N) is 3. The molecule has 0 bridgehead atoms. The molecule has 0 radical (unpaired) electrons. The van der Waals surface area contributed by atoms with Gasteiger partial charge in [-0.15, -0.1) is 0 Å². The van der Waals surface area contributed by atoms with Gasteiger partial charge in [0.2, 0.25) is 5.91 Å². The molecule has 196 valence electrons.